The minimum atomic E-state index is -0.917. The second-order valence-corrected chi connectivity index (χ2v) is 6.61. The molecule has 6 nitrogen and oxygen atoms in total. The maximum Gasteiger partial charge on any atom is 0.272 e. The fraction of sp³-hybridized carbons (Fsp3) is 0.176. The van der Waals surface area contributed by atoms with Crippen LogP contribution in [0.25, 0.3) is 10.2 Å². The van der Waals surface area contributed by atoms with Gasteiger partial charge in [-0.15, -0.1) is 11.3 Å². The standard InChI is InChI=1S/C17H14FN3O3S/c1-10(17-20-14-4-2-3-5-15(14)25-17)9-19-16(22)12-7-6-11(21(23)24)8-13(12)18/h2-8,10H,9H2,1H3,(H,19,22). The molecule has 1 atom stereocenters. The van der Waals surface area contributed by atoms with E-state index < -0.39 is 22.3 Å². The predicted molar refractivity (Wildman–Crippen MR) is 93.4 cm³/mol. The number of non-ortho nitro benzene ring substituents is 1. The number of hydrogen-bond donors (Lipinski definition) is 1. The summed E-state index contributed by atoms with van der Waals surface area (Å²) in [5.74, 6) is -1.57. The number of nitrogens with zero attached hydrogens (tertiary/aromatic N) is 2. The summed E-state index contributed by atoms with van der Waals surface area (Å²) in [6.07, 6.45) is 0. The van der Waals surface area contributed by atoms with Gasteiger partial charge in [0, 0.05) is 18.5 Å². The molecule has 25 heavy (non-hydrogen) atoms. The molecule has 2 aromatic carbocycles. The lowest BCUT2D eigenvalue weighted by Crippen LogP contribution is -2.28. The van der Waals surface area contributed by atoms with Crippen LogP contribution in [0.5, 0.6) is 0 Å². The topological polar surface area (TPSA) is 85.1 Å². The van der Waals surface area contributed by atoms with E-state index in [1.807, 2.05) is 31.2 Å². The van der Waals surface area contributed by atoms with Gasteiger partial charge in [-0.25, -0.2) is 9.37 Å². The molecular formula is C17H14FN3O3S. The van der Waals surface area contributed by atoms with Crippen LogP contribution in [0.4, 0.5) is 10.1 Å². The van der Waals surface area contributed by atoms with Crippen molar-refractivity contribution >= 4 is 33.1 Å². The second kappa shape index (κ2) is 6.94. The van der Waals surface area contributed by atoms with Gasteiger partial charge in [0.25, 0.3) is 11.6 Å². The van der Waals surface area contributed by atoms with Gasteiger partial charge in [0.15, 0.2) is 0 Å². The van der Waals surface area contributed by atoms with Crippen molar-refractivity contribution in [3.8, 4) is 0 Å². The lowest BCUT2D eigenvalue weighted by atomic mass is 10.1. The highest BCUT2D eigenvalue weighted by molar-refractivity contribution is 7.18. The molecule has 0 spiro atoms. The summed E-state index contributed by atoms with van der Waals surface area (Å²) < 4.78 is 14.9. The van der Waals surface area contributed by atoms with Crippen LogP contribution in [0.3, 0.4) is 0 Å². The van der Waals surface area contributed by atoms with E-state index in [0.717, 1.165) is 33.4 Å². The number of thiazole rings is 1. The number of nitro benzene ring substituents is 1. The van der Waals surface area contributed by atoms with Crippen LogP contribution >= 0.6 is 11.3 Å². The molecule has 3 aromatic rings. The Hall–Kier alpha value is -2.87. The Morgan fingerprint density at radius 1 is 1.36 bits per heavy atom. The van der Waals surface area contributed by atoms with Crippen molar-refractivity contribution in [3.05, 3.63) is 69.0 Å². The number of nitrogens with one attached hydrogen (secondary N) is 1. The highest BCUT2D eigenvalue weighted by Gasteiger charge is 2.18. The van der Waals surface area contributed by atoms with Gasteiger partial charge in [0.1, 0.15) is 5.82 Å². The number of carbonyl (C=O) groups excluding carboxylic acids is 1. The van der Waals surface area contributed by atoms with E-state index in [2.05, 4.69) is 10.3 Å². The van der Waals surface area contributed by atoms with E-state index in [1.54, 1.807) is 11.3 Å². The normalized spacial score (nSPS) is 12.1. The number of hydrogen-bond acceptors (Lipinski definition) is 5. The molecule has 1 unspecified atom stereocenters. The number of rotatable bonds is 5. The first-order valence-electron chi connectivity index (χ1n) is 7.53. The zero-order valence-electron chi connectivity index (χ0n) is 13.2. The van der Waals surface area contributed by atoms with Crippen LogP contribution in [0.15, 0.2) is 42.5 Å². The third-order valence-electron chi connectivity index (χ3n) is 3.71. The molecule has 0 bridgehead atoms. The van der Waals surface area contributed by atoms with Crippen LogP contribution in [-0.4, -0.2) is 22.4 Å². The van der Waals surface area contributed by atoms with Crippen LogP contribution in [-0.2, 0) is 0 Å². The van der Waals surface area contributed by atoms with E-state index >= 15 is 0 Å². The molecule has 0 saturated carbocycles. The maximum absolute atomic E-state index is 13.9. The van der Waals surface area contributed by atoms with Crippen molar-refractivity contribution in [3.63, 3.8) is 0 Å². The number of fused-ring (bicyclic) bond motifs is 1. The van der Waals surface area contributed by atoms with E-state index in [0.29, 0.717) is 0 Å². The molecule has 0 aliphatic carbocycles. The highest BCUT2D eigenvalue weighted by atomic mass is 32.1. The number of carbonyl (C=O) groups is 1. The fourth-order valence-electron chi connectivity index (χ4n) is 2.33. The third kappa shape index (κ3) is 3.63. The Morgan fingerprint density at radius 2 is 2.12 bits per heavy atom. The molecule has 3 rings (SSSR count). The first-order valence-corrected chi connectivity index (χ1v) is 8.35. The predicted octanol–water partition coefficient (Wildman–Crippen LogP) is 3.88. The molecule has 1 N–H and O–H groups in total. The third-order valence-corrected chi connectivity index (χ3v) is 4.98. The monoisotopic (exact) mass is 359 g/mol. The number of halogens is 1. The van der Waals surface area contributed by atoms with E-state index in [-0.39, 0.29) is 18.0 Å². The minimum absolute atomic E-state index is 0.0394. The molecule has 0 saturated heterocycles. The van der Waals surface area contributed by atoms with Crippen molar-refractivity contribution < 1.29 is 14.1 Å². The van der Waals surface area contributed by atoms with Crippen LogP contribution in [0, 0.1) is 15.9 Å². The lowest BCUT2D eigenvalue weighted by molar-refractivity contribution is -0.385. The largest absolute Gasteiger partial charge is 0.351 e. The number of amides is 1. The van der Waals surface area contributed by atoms with E-state index in [1.165, 1.54) is 0 Å². The summed E-state index contributed by atoms with van der Waals surface area (Å²) in [5.41, 5.74) is 0.293. The van der Waals surface area contributed by atoms with Gasteiger partial charge in [0.05, 0.1) is 31.8 Å². The highest BCUT2D eigenvalue weighted by Crippen LogP contribution is 2.27. The molecule has 0 aliphatic heterocycles. The fourth-order valence-corrected chi connectivity index (χ4v) is 3.35. The van der Waals surface area contributed by atoms with Gasteiger partial charge < -0.3 is 5.32 Å². The molecule has 0 fully saturated rings. The number of benzene rings is 2. The van der Waals surface area contributed by atoms with Crippen molar-refractivity contribution in [1.82, 2.24) is 10.3 Å². The van der Waals surface area contributed by atoms with Gasteiger partial charge in [-0.05, 0) is 18.2 Å². The van der Waals surface area contributed by atoms with Crippen molar-refractivity contribution in [2.45, 2.75) is 12.8 Å². The smallest absolute Gasteiger partial charge is 0.272 e. The minimum Gasteiger partial charge on any atom is -0.351 e. The Morgan fingerprint density at radius 3 is 2.80 bits per heavy atom. The summed E-state index contributed by atoms with van der Waals surface area (Å²) in [7, 11) is 0. The Labute approximate surface area is 146 Å². The number of nitro groups is 1. The summed E-state index contributed by atoms with van der Waals surface area (Å²) in [4.78, 5) is 26.6. The first-order chi connectivity index (χ1) is 12.0. The molecule has 1 aromatic heterocycles. The molecule has 0 radical (unpaired) electrons. The second-order valence-electron chi connectivity index (χ2n) is 5.55. The van der Waals surface area contributed by atoms with Gasteiger partial charge in [-0.1, -0.05) is 19.1 Å². The first kappa shape index (κ1) is 17.0. The summed E-state index contributed by atoms with van der Waals surface area (Å²) in [6, 6.07) is 10.7. The van der Waals surface area contributed by atoms with E-state index in [9.17, 15) is 19.3 Å². The van der Waals surface area contributed by atoms with Crippen LogP contribution < -0.4 is 5.32 Å². The molecule has 1 amide bonds. The molecule has 0 aliphatic rings. The SMILES string of the molecule is CC(CNC(=O)c1ccc([N+](=O)[O-])cc1F)c1nc2ccccc2s1. The lowest BCUT2D eigenvalue weighted by Gasteiger charge is -2.10. The van der Waals surface area contributed by atoms with Crippen molar-refractivity contribution in [1.29, 1.82) is 0 Å². The Balaban J connectivity index is 1.68. The van der Waals surface area contributed by atoms with Gasteiger partial charge in [-0.3, -0.25) is 14.9 Å². The number of para-hydroxylation sites is 1. The molecule has 8 heteroatoms. The average Bonchev–Trinajstić information content (AvgIpc) is 3.03. The molecule has 128 valence electrons. The average molecular weight is 359 g/mol. The Kier molecular flexibility index (Phi) is 4.71. The maximum atomic E-state index is 13.9. The quantitative estimate of drug-likeness (QED) is 0.553. The molecule has 1 heterocycles. The summed E-state index contributed by atoms with van der Waals surface area (Å²) >= 11 is 1.55. The number of aromatic nitrogens is 1. The van der Waals surface area contributed by atoms with Crippen molar-refractivity contribution in [2.75, 3.05) is 6.54 Å². The van der Waals surface area contributed by atoms with Gasteiger partial charge in [0.2, 0.25) is 0 Å². The zero-order chi connectivity index (χ0) is 18.0. The molecular weight excluding hydrogens is 345 g/mol. The Bertz CT molecular complexity index is 924. The van der Waals surface area contributed by atoms with Gasteiger partial charge in [-0.2, -0.15) is 0 Å². The van der Waals surface area contributed by atoms with Crippen molar-refractivity contribution in [2.24, 2.45) is 0 Å². The summed E-state index contributed by atoms with van der Waals surface area (Å²) in [6.45, 7) is 2.21. The van der Waals surface area contributed by atoms with Crippen LogP contribution in [0.2, 0.25) is 0 Å². The van der Waals surface area contributed by atoms with Gasteiger partial charge >= 0.3 is 0 Å². The van der Waals surface area contributed by atoms with Crippen LogP contribution in [0.1, 0.15) is 28.2 Å². The van der Waals surface area contributed by atoms with E-state index in [4.69, 9.17) is 0 Å². The summed E-state index contributed by atoms with van der Waals surface area (Å²) in [5, 5.41) is 14.1. The zero-order valence-corrected chi connectivity index (χ0v) is 14.0.